The summed E-state index contributed by atoms with van der Waals surface area (Å²) in [6.45, 7) is 2.69. The van der Waals surface area contributed by atoms with Crippen LogP contribution in [0.4, 0.5) is 0 Å². The summed E-state index contributed by atoms with van der Waals surface area (Å²) in [4.78, 5) is 28.5. The molecule has 1 aliphatic heterocycles. The van der Waals surface area contributed by atoms with Crippen molar-refractivity contribution in [3.05, 3.63) is 17.7 Å². The van der Waals surface area contributed by atoms with Crippen molar-refractivity contribution in [3.63, 3.8) is 0 Å². The monoisotopic (exact) mass is 365 g/mol. The van der Waals surface area contributed by atoms with Crippen LogP contribution in [0.5, 0.6) is 17.2 Å². The molecular formula is C18H27N3O5. The van der Waals surface area contributed by atoms with Crippen molar-refractivity contribution in [2.24, 2.45) is 0 Å². The molecule has 0 spiro atoms. The fourth-order valence-electron chi connectivity index (χ4n) is 2.99. The maximum Gasteiger partial charge on any atom is 0.257 e. The normalized spacial score (nSPS) is 14.2. The summed E-state index contributed by atoms with van der Waals surface area (Å²) in [5.41, 5.74) is 0.417. The Morgan fingerprint density at radius 1 is 0.962 bits per heavy atom. The van der Waals surface area contributed by atoms with E-state index in [0.29, 0.717) is 62.0 Å². The molecule has 2 amide bonds. The fraction of sp³-hybridized carbons (Fsp3) is 0.556. The summed E-state index contributed by atoms with van der Waals surface area (Å²) in [6.07, 6.45) is 0.466. The zero-order chi connectivity index (χ0) is 19.1. The van der Waals surface area contributed by atoms with Gasteiger partial charge in [-0.1, -0.05) is 0 Å². The molecule has 0 bridgehead atoms. The van der Waals surface area contributed by atoms with Crippen LogP contribution < -0.4 is 19.5 Å². The predicted octanol–water partition coefficient (Wildman–Crippen LogP) is 0.606. The molecule has 1 aliphatic rings. The molecule has 1 aromatic rings. The highest BCUT2D eigenvalue weighted by Gasteiger charge is 2.28. The largest absolute Gasteiger partial charge is 0.493 e. The van der Waals surface area contributed by atoms with Crippen molar-refractivity contribution < 1.29 is 23.8 Å². The van der Waals surface area contributed by atoms with E-state index >= 15 is 0 Å². The summed E-state index contributed by atoms with van der Waals surface area (Å²) in [7, 11) is 6.35. The van der Waals surface area contributed by atoms with Crippen LogP contribution >= 0.6 is 0 Å². The van der Waals surface area contributed by atoms with Gasteiger partial charge >= 0.3 is 0 Å². The van der Waals surface area contributed by atoms with E-state index < -0.39 is 0 Å². The minimum absolute atomic E-state index is 0.107. The van der Waals surface area contributed by atoms with E-state index in [4.69, 9.17) is 14.2 Å². The van der Waals surface area contributed by atoms with Gasteiger partial charge in [0.2, 0.25) is 11.7 Å². The zero-order valence-electron chi connectivity index (χ0n) is 15.8. The van der Waals surface area contributed by atoms with Crippen molar-refractivity contribution in [1.82, 2.24) is 15.1 Å². The molecule has 1 fully saturated rings. The number of ether oxygens (including phenoxy) is 3. The lowest BCUT2D eigenvalue weighted by atomic mass is 10.1. The number of hydrogen-bond donors (Lipinski definition) is 1. The molecule has 0 radical (unpaired) electrons. The molecular weight excluding hydrogens is 338 g/mol. The van der Waals surface area contributed by atoms with Crippen molar-refractivity contribution in [3.8, 4) is 17.2 Å². The molecule has 1 heterocycles. The van der Waals surface area contributed by atoms with Gasteiger partial charge in [-0.3, -0.25) is 9.59 Å². The molecule has 8 nitrogen and oxygen atoms in total. The average molecular weight is 365 g/mol. The molecule has 8 heteroatoms. The third kappa shape index (κ3) is 4.19. The number of benzene rings is 1. The minimum atomic E-state index is -0.148. The zero-order valence-corrected chi connectivity index (χ0v) is 15.8. The molecule has 26 heavy (non-hydrogen) atoms. The Hall–Kier alpha value is -2.48. The number of hydrogen-bond acceptors (Lipinski definition) is 6. The maximum atomic E-state index is 12.9. The second-order valence-electron chi connectivity index (χ2n) is 5.91. The highest BCUT2D eigenvalue weighted by Crippen LogP contribution is 2.40. The summed E-state index contributed by atoms with van der Waals surface area (Å²) in [6, 6.07) is 3.36. The van der Waals surface area contributed by atoms with Crippen LogP contribution in [0.1, 0.15) is 16.8 Å². The number of methoxy groups -OCH3 is 3. The lowest BCUT2D eigenvalue weighted by molar-refractivity contribution is -0.132. The molecule has 0 unspecified atom stereocenters. The first-order chi connectivity index (χ1) is 12.6. The lowest BCUT2D eigenvalue weighted by Gasteiger charge is -2.35. The van der Waals surface area contributed by atoms with Crippen molar-refractivity contribution in [2.45, 2.75) is 6.42 Å². The first-order valence-electron chi connectivity index (χ1n) is 8.58. The quantitative estimate of drug-likeness (QED) is 0.763. The molecule has 0 saturated carbocycles. The Bertz CT molecular complexity index is 642. The summed E-state index contributed by atoms with van der Waals surface area (Å²) in [5, 5.41) is 2.97. The van der Waals surface area contributed by atoms with E-state index in [1.54, 1.807) is 21.9 Å². The third-order valence-electron chi connectivity index (χ3n) is 4.44. The molecule has 0 aliphatic carbocycles. The number of nitrogens with one attached hydrogen (secondary N) is 1. The number of rotatable bonds is 7. The fourth-order valence-corrected chi connectivity index (χ4v) is 2.99. The number of carbonyl (C=O) groups is 2. The predicted molar refractivity (Wildman–Crippen MR) is 97.1 cm³/mol. The molecule has 144 valence electrons. The van der Waals surface area contributed by atoms with Crippen LogP contribution in [0.2, 0.25) is 0 Å². The van der Waals surface area contributed by atoms with Gasteiger partial charge < -0.3 is 29.3 Å². The first-order valence-corrected chi connectivity index (χ1v) is 8.58. The Morgan fingerprint density at radius 3 is 2.12 bits per heavy atom. The third-order valence-corrected chi connectivity index (χ3v) is 4.44. The second-order valence-corrected chi connectivity index (χ2v) is 5.91. The smallest absolute Gasteiger partial charge is 0.257 e. The van der Waals surface area contributed by atoms with Crippen molar-refractivity contribution >= 4 is 11.8 Å². The topological polar surface area (TPSA) is 80.3 Å². The number of nitrogens with zero attached hydrogens (tertiary/aromatic N) is 2. The SMILES string of the molecule is CNCCC(=O)N1CCN(C(=O)c2ccc(OC)c(OC)c2OC)CC1. The number of piperazine rings is 1. The van der Waals surface area contributed by atoms with Crippen LogP contribution in [-0.4, -0.2) is 82.7 Å². The molecule has 0 atom stereocenters. The van der Waals surface area contributed by atoms with Crippen LogP contribution in [-0.2, 0) is 4.79 Å². The Morgan fingerprint density at radius 2 is 1.58 bits per heavy atom. The van der Waals surface area contributed by atoms with Gasteiger partial charge in [-0.25, -0.2) is 0 Å². The number of amides is 2. The van der Waals surface area contributed by atoms with Crippen LogP contribution in [0, 0.1) is 0 Å². The number of carbonyl (C=O) groups excluding carboxylic acids is 2. The average Bonchev–Trinajstić information content (AvgIpc) is 2.70. The van der Waals surface area contributed by atoms with Gasteiger partial charge in [0, 0.05) is 39.1 Å². The van der Waals surface area contributed by atoms with Crippen LogP contribution in [0.15, 0.2) is 12.1 Å². The molecule has 2 rings (SSSR count). The second kappa shape index (κ2) is 9.28. The summed E-state index contributed by atoms with van der Waals surface area (Å²) in [5.74, 6) is 1.20. The maximum absolute atomic E-state index is 12.9. The lowest BCUT2D eigenvalue weighted by Crippen LogP contribution is -2.51. The van der Waals surface area contributed by atoms with E-state index in [9.17, 15) is 9.59 Å². The van der Waals surface area contributed by atoms with Crippen LogP contribution in [0.25, 0.3) is 0 Å². The van der Waals surface area contributed by atoms with Gasteiger partial charge in [0.05, 0.1) is 26.9 Å². The van der Waals surface area contributed by atoms with Gasteiger partial charge in [-0.2, -0.15) is 0 Å². The Labute approximate surface area is 154 Å². The Balaban J connectivity index is 2.10. The van der Waals surface area contributed by atoms with E-state index in [1.807, 2.05) is 7.05 Å². The van der Waals surface area contributed by atoms with Gasteiger partial charge in [0.15, 0.2) is 11.5 Å². The molecule has 1 aromatic carbocycles. The Kier molecular flexibility index (Phi) is 7.08. The first kappa shape index (κ1) is 19.8. The van der Waals surface area contributed by atoms with E-state index in [2.05, 4.69) is 5.32 Å². The summed E-state index contributed by atoms with van der Waals surface area (Å²) >= 11 is 0. The molecule has 1 N–H and O–H groups in total. The van der Waals surface area contributed by atoms with Crippen molar-refractivity contribution in [2.75, 3.05) is 61.1 Å². The molecule has 0 aromatic heterocycles. The minimum Gasteiger partial charge on any atom is -0.493 e. The van der Waals surface area contributed by atoms with Gasteiger partial charge in [0.25, 0.3) is 5.91 Å². The summed E-state index contributed by atoms with van der Waals surface area (Å²) < 4.78 is 16.0. The van der Waals surface area contributed by atoms with E-state index in [0.717, 1.165) is 0 Å². The standard InChI is InChI=1S/C18H27N3O5/c1-19-8-7-15(22)20-9-11-21(12-10-20)18(23)13-5-6-14(24-2)17(26-4)16(13)25-3/h5-6,19H,7-12H2,1-4H3. The van der Waals surface area contributed by atoms with Crippen molar-refractivity contribution in [1.29, 1.82) is 0 Å². The molecule has 1 saturated heterocycles. The highest BCUT2D eigenvalue weighted by molar-refractivity contribution is 5.98. The van der Waals surface area contributed by atoms with E-state index in [-0.39, 0.29) is 11.8 Å². The highest BCUT2D eigenvalue weighted by atomic mass is 16.5. The van der Waals surface area contributed by atoms with Gasteiger partial charge in [-0.05, 0) is 19.2 Å². The van der Waals surface area contributed by atoms with Gasteiger partial charge in [-0.15, -0.1) is 0 Å². The van der Waals surface area contributed by atoms with E-state index in [1.165, 1.54) is 21.3 Å². The van der Waals surface area contributed by atoms with Crippen LogP contribution in [0.3, 0.4) is 0 Å². The van der Waals surface area contributed by atoms with Gasteiger partial charge in [0.1, 0.15) is 0 Å².